The molecule has 1 aliphatic heterocycles. The van der Waals surface area contributed by atoms with Crippen LogP contribution in [0.25, 0.3) is 6.08 Å². The van der Waals surface area contributed by atoms with Gasteiger partial charge in [0.15, 0.2) is 5.78 Å². The minimum Gasteiger partial charge on any atom is -0.376 e. The summed E-state index contributed by atoms with van der Waals surface area (Å²) in [6, 6.07) is 15.7. The molecule has 0 aliphatic carbocycles. The molecule has 2 aromatic carbocycles. The maximum Gasteiger partial charge on any atom is 0.185 e. The molecule has 0 unspecified atom stereocenters. The van der Waals surface area contributed by atoms with Gasteiger partial charge in [-0.15, -0.1) is 0 Å². The first-order chi connectivity index (χ1) is 12.1. The van der Waals surface area contributed by atoms with Crippen molar-refractivity contribution in [3.8, 4) is 0 Å². The molecule has 1 saturated heterocycles. The van der Waals surface area contributed by atoms with E-state index in [0.717, 1.165) is 31.7 Å². The van der Waals surface area contributed by atoms with Crippen LogP contribution in [0, 0.1) is 0 Å². The SMILES string of the molecule is CN(C)c1cc(C=CC(=O)c2ccccc2)ccc1N1CCNCC1. The van der Waals surface area contributed by atoms with Gasteiger partial charge in [0.05, 0.1) is 11.4 Å². The Hall–Kier alpha value is -2.59. The summed E-state index contributed by atoms with van der Waals surface area (Å²) >= 11 is 0. The summed E-state index contributed by atoms with van der Waals surface area (Å²) in [5, 5.41) is 3.39. The number of benzene rings is 2. The zero-order valence-electron chi connectivity index (χ0n) is 14.9. The Balaban J connectivity index is 1.81. The van der Waals surface area contributed by atoms with E-state index < -0.39 is 0 Å². The highest BCUT2D eigenvalue weighted by Crippen LogP contribution is 2.30. The Morgan fingerprint density at radius 3 is 2.48 bits per heavy atom. The van der Waals surface area contributed by atoms with E-state index in [-0.39, 0.29) is 5.78 Å². The number of nitrogens with one attached hydrogen (secondary N) is 1. The summed E-state index contributed by atoms with van der Waals surface area (Å²) in [6.45, 7) is 4.06. The fourth-order valence-electron chi connectivity index (χ4n) is 3.05. The van der Waals surface area contributed by atoms with Crippen molar-refractivity contribution in [1.29, 1.82) is 0 Å². The maximum atomic E-state index is 12.2. The largest absolute Gasteiger partial charge is 0.376 e. The Morgan fingerprint density at radius 1 is 1.08 bits per heavy atom. The third-order valence-electron chi connectivity index (χ3n) is 4.42. The summed E-state index contributed by atoms with van der Waals surface area (Å²) in [7, 11) is 4.12. The third-order valence-corrected chi connectivity index (χ3v) is 4.42. The van der Waals surface area contributed by atoms with Crippen molar-refractivity contribution in [1.82, 2.24) is 5.32 Å². The molecule has 25 heavy (non-hydrogen) atoms. The summed E-state index contributed by atoms with van der Waals surface area (Å²) in [5.41, 5.74) is 4.17. The molecule has 2 aromatic rings. The smallest absolute Gasteiger partial charge is 0.185 e. The predicted molar refractivity (Wildman–Crippen MR) is 106 cm³/mol. The molecule has 0 atom stereocenters. The Morgan fingerprint density at radius 2 is 1.80 bits per heavy atom. The minimum absolute atomic E-state index is 0.0261. The first-order valence-corrected chi connectivity index (χ1v) is 8.69. The number of ketones is 1. The van der Waals surface area contributed by atoms with Crippen LogP contribution in [0.15, 0.2) is 54.6 Å². The maximum absolute atomic E-state index is 12.2. The highest BCUT2D eigenvalue weighted by atomic mass is 16.1. The molecule has 0 amide bonds. The van der Waals surface area contributed by atoms with Crippen LogP contribution < -0.4 is 15.1 Å². The second-order valence-corrected chi connectivity index (χ2v) is 6.44. The fraction of sp³-hybridized carbons (Fsp3) is 0.286. The highest BCUT2D eigenvalue weighted by molar-refractivity contribution is 6.06. The van der Waals surface area contributed by atoms with Crippen molar-refractivity contribution in [2.75, 3.05) is 50.1 Å². The number of rotatable bonds is 5. The molecule has 0 saturated carbocycles. The topological polar surface area (TPSA) is 35.6 Å². The standard InChI is InChI=1S/C21H25N3O/c1-23(2)20-16-17(8-10-19(20)24-14-12-22-13-15-24)9-11-21(25)18-6-4-3-5-7-18/h3-11,16,22H,12-15H2,1-2H3. The van der Waals surface area contributed by atoms with Gasteiger partial charge in [0.25, 0.3) is 0 Å². The molecule has 130 valence electrons. The second-order valence-electron chi connectivity index (χ2n) is 6.44. The van der Waals surface area contributed by atoms with Crippen molar-refractivity contribution in [2.45, 2.75) is 0 Å². The molecule has 0 aromatic heterocycles. The number of carbonyl (C=O) groups is 1. The molecular formula is C21H25N3O. The van der Waals surface area contributed by atoms with Crippen molar-refractivity contribution in [3.05, 3.63) is 65.7 Å². The zero-order chi connectivity index (χ0) is 17.6. The molecule has 1 heterocycles. The molecule has 1 fully saturated rings. The van der Waals surface area contributed by atoms with Crippen LogP contribution in [0.2, 0.25) is 0 Å². The first kappa shape index (κ1) is 17.2. The number of hydrogen-bond acceptors (Lipinski definition) is 4. The van der Waals surface area contributed by atoms with E-state index in [1.165, 1.54) is 11.4 Å². The third kappa shape index (κ3) is 4.28. The Labute approximate surface area is 149 Å². The van der Waals surface area contributed by atoms with Crippen LogP contribution in [0.3, 0.4) is 0 Å². The molecule has 0 bridgehead atoms. The lowest BCUT2D eigenvalue weighted by Gasteiger charge is -2.32. The number of carbonyl (C=O) groups excluding carboxylic acids is 1. The molecule has 1 aliphatic rings. The number of nitrogens with zero attached hydrogens (tertiary/aromatic N) is 2. The van der Waals surface area contributed by atoms with Gasteiger partial charge in [0.2, 0.25) is 0 Å². The summed E-state index contributed by atoms with van der Waals surface area (Å²) in [4.78, 5) is 16.8. The summed E-state index contributed by atoms with van der Waals surface area (Å²) in [6.07, 6.45) is 3.54. The van der Waals surface area contributed by atoms with E-state index in [4.69, 9.17) is 0 Å². The van der Waals surface area contributed by atoms with E-state index in [9.17, 15) is 4.79 Å². The lowest BCUT2D eigenvalue weighted by molar-refractivity contribution is 0.104. The Kier molecular flexibility index (Phi) is 5.51. The molecule has 0 spiro atoms. The molecule has 4 heteroatoms. The lowest BCUT2D eigenvalue weighted by Crippen LogP contribution is -2.44. The lowest BCUT2D eigenvalue weighted by atomic mass is 10.1. The highest BCUT2D eigenvalue weighted by Gasteiger charge is 2.15. The van der Waals surface area contributed by atoms with Gasteiger partial charge >= 0.3 is 0 Å². The normalized spacial score (nSPS) is 14.7. The van der Waals surface area contributed by atoms with Crippen molar-refractivity contribution in [2.24, 2.45) is 0 Å². The molecule has 4 nitrogen and oxygen atoms in total. The van der Waals surface area contributed by atoms with E-state index in [2.05, 4.69) is 47.4 Å². The summed E-state index contributed by atoms with van der Waals surface area (Å²) in [5.74, 6) is 0.0261. The monoisotopic (exact) mass is 335 g/mol. The fourth-order valence-corrected chi connectivity index (χ4v) is 3.05. The number of hydrogen-bond donors (Lipinski definition) is 1. The zero-order valence-corrected chi connectivity index (χ0v) is 14.9. The van der Waals surface area contributed by atoms with Gasteiger partial charge in [0.1, 0.15) is 0 Å². The van der Waals surface area contributed by atoms with Gasteiger partial charge in [-0.2, -0.15) is 0 Å². The van der Waals surface area contributed by atoms with E-state index in [1.54, 1.807) is 6.08 Å². The minimum atomic E-state index is 0.0261. The quantitative estimate of drug-likeness (QED) is 0.673. The van der Waals surface area contributed by atoms with Gasteiger partial charge in [-0.3, -0.25) is 4.79 Å². The van der Waals surface area contributed by atoms with Gasteiger partial charge in [-0.05, 0) is 23.8 Å². The van der Waals surface area contributed by atoms with Crippen LogP contribution in [0.4, 0.5) is 11.4 Å². The van der Waals surface area contributed by atoms with Crippen LogP contribution in [-0.4, -0.2) is 46.1 Å². The molecular weight excluding hydrogens is 310 g/mol. The van der Waals surface area contributed by atoms with Gasteiger partial charge in [-0.1, -0.05) is 42.5 Å². The van der Waals surface area contributed by atoms with Gasteiger partial charge in [0, 0.05) is 45.8 Å². The average molecular weight is 335 g/mol. The van der Waals surface area contributed by atoms with Crippen molar-refractivity contribution in [3.63, 3.8) is 0 Å². The Bertz CT molecular complexity index is 747. The molecule has 3 rings (SSSR count). The van der Waals surface area contributed by atoms with Crippen molar-refractivity contribution < 1.29 is 4.79 Å². The first-order valence-electron chi connectivity index (χ1n) is 8.69. The summed E-state index contributed by atoms with van der Waals surface area (Å²) < 4.78 is 0. The van der Waals surface area contributed by atoms with Crippen LogP contribution >= 0.6 is 0 Å². The van der Waals surface area contributed by atoms with Gasteiger partial charge in [-0.25, -0.2) is 0 Å². The average Bonchev–Trinajstić information content (AvgIpc) is 2.67. The van der Waals surface area contributed by atoms with E-state index in [1.807, 2.05) is 36.4 Å². The number of anilines is 2. The predicted octanol–water partition coefficient (Wildman–Crippen LogP) is 3.06. The van der Waals surface area contributed by atoms with Crippen LogP contribution in [0.1, 0.15) is 15.9 Å². The number of piperazine rings is 1. The van der Waals surface area contributed by atoms with Crippen molar-refractivity contribution >= 4 is 23.2 Å². The molecule has 1 N–H and O–H groups in total. The van der Waals surface area contributed by atoms with E-state index in [0.29, 0.717) is 5.56 Å². The number of allylic oxidation sites excluding steroid dienone is 1. The second kappa shape index (κ2) is 7.99. The van der Waals surface area contributed by atoms with Crippen LogP contribution in [-0.2, 0) is 0 Å². The molecule has 0 radical (unpaired) electrons. The van der Waals surface area contributed by atoms with E-state index >= 15 is 0 Å². The van der Waals surface area contributed by atoms with Crippen LogP contribution in [0.5, 0.6) is 0 Å². The van der Waals surface area contributed by atoms with Gasteiger partial charge < -0.3 is 15.1 Å².